The molecule has 2 aliphatic rings. The van der Waals surface area contributed by atoms with Crippen molar-refractivity contribution < 1.29 is 22.7 Å². The molecule has 1 aromatic heterocycles. The topological polar surface area (TPSA) is 127 Å². The zero-order valence-electron chi connectivity index (χ0n) is 18.9. The summed E-state index contributed by atoms with van der Waals surface area (Å²) in [5.74, 6) is -0.583. The molecule has 1 saturated carbocycles. The molecule has 2 unspecified atom stereocenters. The lowest BCUT2D eigenvalue weighted by atomic mass is 9.80. The van der Waals surface area contributed by atoms with E-state index in [1.165, 1.54) is 42.7 Å². The van der Waals surface area contributed by atoms with Crippen LogP contribution in [-0.2, 0) is 24.3 Å². The lowest BCUT2D eigenvalue weighted by Crippen LogP contribution is -2.36. The molecular weight excluding hydrogens is 456 g/mol. The molecule has 1 fully saturated rings. The molecule has 10 heteroatoms. The van der Waals surface area contributed by atoms with E-state index in [-0.39, 0.29) is 28.6 Å². The first-order chi connectivity index (χ1) is 16.2. The molecule has 1 aliphatic carbocycles. The Labute approximate surface area is 198 Å². The second-order valence-corrected chi connectivity index (χ2v) is 10.1. The molecule has 0 saturated heterocycles. The maximum absolute atomic E-state index is 12.6. The zero-order chi connectivity index (χ0) is 24.3. The Kier molecular flexibility index (Phi) is 6.78. The van der Waals surface area contributed by atoms with E-state index >= 15 is 0 Å². The number of carbonyl (C=O) groups is 2. The van der Waals surface area contributed by atoms with Crippen LogP contribution in [0.25, 0.3) is 0 Å². The average molecular weight is 483 g/mol. The molecule has 2 atom stereocenters. The minimum absolute atomic E-state index is 0.000873. The summed E-state index contributed by atoms with van der Waals surface area (Å²) in [6.07, 6.45) is 7.85. The van der Waals surface area contributed by atoms with Crippen molar-refractivity contribution in [2.75, 3.05) is 10.0 Å². The smallest absolute Gasteiger partial charge is 0.264 e. The number of ketones is 1. The largest absolute Gasteiger partial charge is 0.497 e. The molecule has 34 heavy (non-hydrogen) atoms. The fraction of sp³-hybridized carbons (Fsp3) is 0.333. The molecule has 0 bridgehead atoms. The van der Waals surface area contributed by atoms with Gasteiger partial charge in [-0.3, -0.25) is 9.59 Å². The maximum Gasteiger partial charge on any atom is 0.264 e. The van der Waals surface area contributed by atoms with Crippen molar-refractivity contribution in [2.24, 2.45) is 5.92 Å². The fourth-order valence-corrected chi connectivity index (χ4v) is 5.08. The predicted octanol–water partition coefficient (Wildman–Crippen LogP) is 3.43. The molecule has 0 spiro atoms. The number of rotatable bonds is 6. The van der Waals surface area contributed by atoms with Crippen molar-refractivity contribution in [1.82, 2.24) is 9.97 Å². The SMILES string of the molecule is Cc1cc(C)nc(NS(=O)(=O)c2ccc(NC(=O)/C=C/C3=COC4CCCCC4C3=O)cc2)n1. The normalized spacial score (nSPS) is 20.3. The Balaban J connectivity index is 1.38. The molecule has 4 rings (SSSR count). The first-order valence-electron chi connectivity index (χ1n) is 11.1. The number of aryl methyl sites for hydroxylation is 2. The third-order valence-electron chi connectivity index (χ3n) is 5.75. The molecule has 2 heterocycles. The van der Waals surface area contributed by atoms with Gasteiger partial charge in [0.15, 0.2) is 5.78 Å². The molecule has 1 amide bonds. The average Bonchev–Trinajstić information content (AvgIpc) is 2.78. The number of hydrogen-bond donors (Lipinski definition) is 2. The van der Waals surface area contributed by atoms with Gasteiger partial charge in [-0.05, 0) is 69.5 Å². The summed E-state index contributed by atoms with van der Waals surface area (Å²) in [4.78, 5) is 33.1. The van der Waals surface area contributed by atoms with Crippen LogP contribution in [0.15, 0.2) is 59.2 Å². The van der Waals surface area contributed by atoms with Crippen LogP contribution in [-0.4, -0.2) is 36.2 Å². The first kappa shape index (κ1) is 23.6. The zero-order valence-corrected chi connectivity index (χ0v) is 19.8. The van der Waals surface area contributed by atoms with E-state index in [1.807, 2.05) is 0 Å². The van der Waals surface area contributed by atoms with E-state index in [0.29, 0.717) is 22.6 Å². The highest BCUT2D eigenvalue weighted by Crippen LogP contribution is 2.33. The number of amides is 1. The van der Waals surface area contributed by atoms with Crippen molar-refractivity contribution in [3.63, 3.8) is 0 Å². The van der Waals surface area contributed by atoms with E-state index in [4.69, 9.17) is 4.74 Å². The predicted molar refractivity (Wildman–Crippen MR) is 126 cm³/mol. The number of allylic oxidation sites excluding steroid dienone is 2. The molecule has 1 aliphatic heterocycles. The number of nitrogens with one attached hydrogen (secondary N) is 2. The highest BCUT2D eigenvalue weighted by molar-refractivity contribution is 7.92. The van der Waals surface area contributed by atoms with Crippen LogP contribution in [0.1, 0.15) is 37.1 Å². The lowest BCUT2D eigenvalue weighted by molar-refractivity contribution is -0.126. The van der Waals surface area contributed by atoms with Gasteiger partial charge in [0.25, 0.3) is 10.0 Å². The molecular formula is C24H26N4O5S. The number of nitrogens with zero attached hydrogens (tertiary/aromatic N) is 2. The van der Waals surface area contributed by atoms with Crippen LogP contribution in [0.5, 0.6) is 0 Å². The maximum atomic E-state index is 12.6. The summed E-state index contributed by atoms with van der Waals surface area (Å²) in [6, 6.07) is 7.43. The standard InChI is InChI=1S/C24H26N4O5S/c1-15-13-16(2)26-24(25-15)28-34(31,32)19-10-8-18(9-11-19)27-22(29)12-7-17-14-33-21-6-4-3-5-20(21)23(17)30/h7-14,20-21H,3-6H2,1-2H3,(H,27,29)(H,25,26,28)/b12-7+. The van der Waals surface area contributed by atoms with Crippen LogP contribution in [0.4, 0.5) is 11.6 Å². The number of carbonyl (C=O) groups excluding carboxylic acids is 2. The molecule has 1 aromatic carbocycles. The third-order valence-corrected chi connectivity index (χ3v) is 7.09. The molecule has 0 radical (unpaired) electrons. The Hall–Kier alpha value is -3.53. The summed E-state index contributed by atoms with van der Waals surface area (Å²) in [7, 11) is -3.89. The molecule has 178 valence electrons. The Morgan fingerprint density at radius 2 is 1.76 bits per heavy atom. The third kappa shape index (κ3) is 5.51. The number of hydrogen-bond acceptors (Lipinski definition) is 7. The Morgan fingerprint density at radius 3 is 2.47 bits per heavy atom. The van der Waals surface area contributed by atoms with Crippen molar-refractivity contribution in [3.8, 4) is 0 Å². The van der Waals surface area contributed by atoms with Gasteiger partial charge in [0, 0.05) is 23.2 Å². The van der Waals surface area contributed by atoms with Gasteiger partial charge in [0.05, 0.1) is 22.6 Å². The van der Waals surface area contributed by atoms with Crippen molar-refractivity contribution in [3.05, 3.63) is 65.7 Å². The van der Waals surface area contributed by atoms with Crippen molar-refractivity contribution in [2.45, 2.75) is 50.5 Å². The first-order valence-corrected chi connectivity index (χ1v) is 12.5. The number of Topliss-reactive ketones (excluding diaryl/α,β-unsaturated/α-hetero) is 1. The van der Waals surface area contributed by atoms with E-state index in [2.05, 4.69) is 20.0 Å². The number of benzene rings is 1. The van der Waals surface area contributed by atoms with E-state index in [0.717, 1.165) is 25.7 Å². The van der Waals surface area contributed by atoms with Gasteiger partial charge in [-0.15, -0.1) is 0 Å². The second kappa shape index (κ2) is 9.76. The van der Waals surface area contributed by atoms with Gasteiger partial charge in [0.1, 0.15) is 6.10 Å². The summed E-state index contributed by atoms with van der Waals surface area (Å²) < 4.78 is 33.3. The lowest BCUT2D eigenvalue weighted by Gasteiger charge is -2.33. The summed E-state index contributed by atoms with van der Waals surface area (Å²) in [6.45, 7) is 3.50. The summed E-state index contributed by atoms with van der Waals surface area (Å²) in [5.41, 5.74) is 2.07. The van der Waals surface area contributed by atoms with E-state index < -0.39 is 15.9 Å². The van der Waals surface area contributed by atoms with Gasteiger partial charge < -0.3 is 10.1 Å². The molecule has 2 aromatic rings. The van der Waals surface area contributed by atoms with Crippen LogP contribution < -0.4 is 10.0 Å². The number of fused-ring (bicyclic) bond motifs is 1. The van der Waals surface area contributed by atoms with Crippen molar-refractivity contribution in [1.29, 1.82) is 0 Å². The van der Waals surface area contributed by atoms with Gasteiger partial charge in [-0.1, -0.05) is 6.42 Å². The van der Waals surface area contributed by atoms with Gasteiger partial charge in [-0.2, -0.15) is 0 Å². The van der Waals surface area contributed by atoms with Crippen molar-refractivity contribution >= 4 is 33.3 Å². The quantitative estimate of drug-likeness (QED) is 0.604. The fourth-order valence-electron chi connectivity index (χ4n) is 4.13. The number of sulfonamides is 1. The van der Waals surface area contributed by atoms with Gasteiger partial charge >= 0.3 is 0 Å². The highest BCUT2D eigenvalue weighted by Gasteiger charge is 2.36. The number of ether oxygens (including phenoxy) is 1. The number of aromatic nitrogens is 2. The van der Waals surface area contributed by atoms with Crippen LogP contribution in [0, 0.1) is 19.8 Å². The summed E-state index contributed by atoms with van der Waals surface area (Å²) >= 11 is 0. The molecule has 9 nitrogen and oxygen atoms in total. The minimum atomic E-state index is -3.89. The second-order valence-electron chi connectivity index (χ2n) is 8.43. The minimum Gasteiger partial charge on any atom is -0.497 e. The monoisotopic (exact) mass is 482 g/mol. The van der Waals surface area contributed by atoms with Crippen LogP contribution in [0.2, 0.25) is 0 Å². The molecule has 2 N–H and O–H groups in total. The van der Waals surface area contributed by atoms with E-state index in [9.17, 15) is 18.0 Å². The highest BCUT2D eigenvalue weighted by atomic mass is 32.2. The van der Waals surface area contributed by atoms with Gasteiger partial charge in [-0.25, -0.2) is 23.1 Å². The van der Waals surface area contributed by atoms with E-state index in [1.54, 1.807) is 19.9 Å². The Morgan fingerprint density at radius 1 is 1.09 bits per heavy atom. The summed E-state index contributed by atoms with van der Waals surface area (Å²) in [5, 5.41) is 2.65. The van der Waals surface area contributed by atoms with Crippen LogP contribution in [0.3, 0.4) is 0 Å². The van der Waals surface area contributed by atoms with Gasteiger partial charge in [0.2, 0.25) is 11.9 Å². The Bertz CT molecular complexity index is 1250. The van der Waals surface area contributed by atoms with Crippen LogP contribution >= 0.6 is 0 Å². The number of anilines is 2.